The highest BCUT2D eigenvalue weighted by Crippen LogP contribution is 2.11. The Labute approximate surface area is 86.5 Å². The van der Waals surface area contributed by atoms with Crippen LogP contribution in [0.25, 0.3) is 0 Å². The average molecular weight is 201 g/mol. The van der Waals surface area contributed by atoms with Crippen LogP contribution in [0.4, 0.5) is 0 Å². The zero-order valence-corrected chi connectivity index (χ0v) is 9.29. The van der Waals surface area contributed by atoms with Crippen LogP contribution in [-0.2, 0) is 0 Å². The van der Waals surface area contributed by atoms with Crippen molar-refractivity contribution in [3.05, 3.63) is 0 Å². The summed E-state index contributed by atoms with van der Waals surface area (Å²) in [5.41, 5.74) is 5.12. The molecule has 1 aliphatic rings. The molecular weight excluding hydrogens is 178 g/mol. The Morgan fingerprint density at radius 2 is 2.29 bits per heavy atom. The fourth-order valence-electron chi connectivity index (χ4n) is 1.75. The number of rotatable bonds is 4. The van der Waals surface area contributed by atoms with Crippen molar-refractivity contribution in [1.82, 2.24) is 10.2 Å². The highest BCUT2D eigenvalue weighted by atomic mass is 16.3. The number of nitrogens with two attached hydrogens (primary N) is 1. The van der Waals surface area contributed by atoms with Gasteiger partial charge in [0, 0.05) is 38.8 Å². The maximum absolute atomic E-state index is 9.63. The first-order chi connectivity index (χ1) is 6.53. The van der Waals surface area contributed by atoms with Crippen LogP contribution in [0.3, 0.4) is 0 Å². The van der Waals surface area contributed by atoms with Gasteiger partial charge in [-0.25, -0.2) is 0 Å². The predicted molar refractivity (Wildman–Crippen MR) is 58.2 cm³/mol. The number of aliphatic hydroxyl groups is 1. The van der Waals surface area contributed by atoms with Crippen LogP contribution in [-0.4, -0.2) is 54.4 Å². The van der Waals surface area contributed by atoms with Crippen molar-refractivity contribution in [3.63, 3.8) is 0 Å². The van der Waals surface area contributed by atoms with Crippen LogP contribution in [0.15, 0.2) is 0 Å². The summed E-state index contributed by atoms with van der Waals surface area (Å²) in [4.78, 5) is 2.37. The third-order valence-corrected chi connectivity index (χ3v) is 2.76. The van der Waals surface area contributed by atoms with Crippen molar-refractivity contribution in [2.45, 2.75) is 31.9 Å². The molecule has 1 unspecified atom stereocenters. The largest absolute Gasteiger partial charge is 0.390 e. The summed E-state index contributed by atoms with van der Waals surface area (Å²) in [6.07, 6.45) is 0.809. The Hall–Kier alpha value is -0.160. The molecule has 0 aromatic carbocycles. The molecule has 1 heterocycles. The van der Waals surface area contributed by atoms with Crippen molar-refractivity contribution in [2.75, 3.05) is 32.7 Å². The summed E-state index contributed by atoms with van der Waals surface area (Å²) in [5.74, 6) is 0. The summed E-state index contributed by atoms with van der Waals surface area (Å²) >= 11 is 0. The first-order valence-corrected chi connectivity index (χ1v) is 5.40. The quantitative estimate of drug-likeness (QED) is 0.567. The maximum atomic E-state index is 9.63. The number of piperazine rings is 1. The Balaban J connectivity index is 2.33. The highest BCUT2D eigenvalue weighted by Gasteiger charge is 2.22. The summed E-state index contributed by atoms with van der Waals surface area (Å²) in [6, 6.07) is 0.436. The molecule has 0 spiro atoms. The van der Waals surface area contributed by atoms with E-state index in [1.54, 1.807) is 0 Å². The average Bonchev–Trinajstić information content (AvgIpc) is 2.14. The van der Waals surface area contributed by atoms with E-state index in [0.717, 1.165) is 32.6 Å². The first-order valence-electron chi connectivity index (χ1n) is 5.40. The van der Waals surface area contributed by atoms with Gasteiger partial charge in [0.2, 0.25) is 0 Å². The van der Waals surface area contributed by atoms with Crippen LogP contribution in [0.2, 0.25) is 0 Å². The Morgan fingerprint density at radius 3 is 2.86 bits per heavy atom. The second-order valence-electron chi connectivity index (χ2n) is 4.69. The van der Waals surface area contributed by atoms with Crippen molar-refractivity contribution in [3.8, 4) is 0 Å². The van der Waals surface area contributed by atoms with E-state index < -0.39 is 5.60 Å². The van der Waals surface area contributed by atoms with Gasteiger partial charge in [-0.05, 0) is 20.3 Å². The molecular formula is C10H23N3O. The lowest BCUT2D eigenvalue weighted by atomic mass is 10.0. The first kappa shape index (κ1) is 11.9. The lowest BCUT2D eigenvalue weighted by Gasteiger charge is -2.36. The third-order valence-electron chi connectivity index (χ3n) is 2.76. The molecule has 1 fully saturated rings. The summed E-state index contributed by atoms with van der Waals surface area (Å²) in [5, 5.41) is 13.0. The molecule has 14 heavy (non-hydrogen) atoms. The molecule has 1 rings (SSSR count). The van der Waals surface area contributed by atoms with Crippen LogP contribution in [0.1, 0.15) is 20.3 Å². The topological polar surface area (TPSA) is 61.5 Å². The Kier molecular flexibility index (Phi) is 4.31. The van der Waals surface area contributed by atoms with E-state index >= 15 is 0 Å². The summed E-state index contributed by atoms with van der Waals surface area (Å²) in [7, 11) is 0. The minimum absolute atomic E-state index is 0.436. The summed E-state index contributed by atoms with van der Waals surface area (Å²) in [6.45, 7) is 8.38. The molecule has 1 aliphatic heterocycles. The fraction of sp³-hybridized carbons (Fsp3) is 1.00. The number of nitrogens with one attached hydrogen (secondary N) is 1. The molecule has 1 saturated heterocycles. The minimum Gasteiger partial charge on any atom is -0.390 e. The molecule has 1 atom stereocenters. The van der Waals surface area contributed by atoms with Crippen molar-refractivity contribution in [1.29, 1.82) is 0 Å². The standard InChI is InChI=1S/C10H23N3O/c1-10(2,14)3-5-13-6-4-12-8-9(13)7-11/h9,12,14H,3-8,11H2,1-2H3. The molecule has 84 valence electrons. The van der Waals surface area contributed by atoms with Crippen LogP contribution in [0.5, 0.6) is 0 Å². The van der Waals surface area contributed by atoms with Gasteiger partial charge in [0.05, 0.1) is 5.60 Å². The van der Waals surface area contributed by atoms with Gasteiger partial charge in [0.25, 0.3) is 0 Å². The van der Waals surface area contributed by atoms with Gasteiger partial charge < -0.3 is 16.2 Å². The molecule has 0 bridgehead atoms. The molecule has 0 amide bonds. The second-order valence-corrected chi connectivity index (χ2v) is 4.69. The molecule has 0 aromatic rings. The van der Waals surface area contributed by atoms with Gasteiger partial charge in [-0.2, -0.15) is 0 Å². The van der Waals surface area contributed by atoms with Crippen molar-refractivity contribution >= 4 is 0 Å². The van der Waals surface area contributed by atoms with Gasteiger partial charge in [-0.3, -0.25) is 4.90 Å². The molecule has 4 nitrogen and oxygen atoms in total. The Morgan fingerprint density at radius 1 is 1.57 bits per heavy atom. The van der Waals surface area contributed by atoms with E-state index in [2.05, 4.69) is 10.2 Å². The zero-order valence-electron chi connectivity index (χ0n) is 9.29. The monoisotopic (exact) mass is 201 g/mol. The predicted octanol–water partition coefficient (Wildman–Crippen LogP) is -0.620. The van der Waals surface area contributed by atoms with E-state index in [0.29, 0.717) is 12.6 Å². The zero-order chi connectivity index (χ0) is 10.6. The lowest BCUT2D eigenvalue weighted by Crippen LogP contribution is -2.55. The maximum Gasteiger partial charge on any atom is 0.0603 e. The minimum atomic E-state index is -0.565. The van der Waals surface area contributed by atoms with Gasteiger partial charge >= 0.3 is 0 Å². The molecule has 0 radical (unpaired) electrons. The molecule has 4 N–H and O–H groups in total. The smallest absolute Gasteiger partial charge is 0.0603 e. The lowest BCUT2D eigenvalue weighted by molar-refractivity contribution is 0.0475. The molecule has 0 saturated carbocycles. The van der Waals surface area contributed by atoms with Crippen LogP contribution >= 0.6 is 0 Å². The van der Waals surface area contributed by atoms with Gasteiger partial charge in [-0.15, -0.1) is 0 Å². The SMILES string of the molecule is CC(C)(O)CCN1CCNCC1CN. The van der Waals surface area contributed by atoms with Gasteiger partial charge in [0.1, 0.15) is 0 Å². The molecule has 4 heteroatoms. The van der Waals surface area contributed by atoms with E-state index in [-0.39, 0.29) is 0 Å². The van der Waals surface area contributed by atoms with E-state index in [1.165, 1.54) is 0 Å². The third kappa shape index (κ3) is 3.92. The highest BCUT2D eigenvalue weighted by molar-refractivity contribution is 4.81. The number of hydrogen-bond acceptors (Lipinski definition) is 4. The number of nitrogens with zero attached hydrogens (tertiary/aromatic N) is 1. The van der Waals surface area contributed by atoms with E-state index in [9.17, 15) is 5.11 Å². The van der Waals surface area contributed by atoms with Crippen LogP contribution in [0, 0.1) is 0 Å². The van der Waals surface area contributed by atoms with Gasteiger partial charge in [0.15, 0.2) is 0 Å². The summed E-state index contributed by atoms with van der Waals surface area (Å²) < 4.78 is 0. The second kappa shape index (κ2) is 5.07. The fourth-order valence-corrected chi connectivity index (χ4v) is 1.75. The van der Waals surface area contributed by atoms with Crippen molar-refractivity contribution < 1.29 is 5.11 Å². The molecule has 0 aromatic heterocycles. The number of hydrogen-bond donors (Lipinski definition) is 3. The normalized spacial score (nSPS) is 25.3. The van der Waals surface area contributed by atoms with E-state index in [1.807, 2.05) is 13.8 Å². The van der Waals surface area contributed by atoms with Gasteiger partial charge in [-0.1, -0.05) is 0 Å². The van der Waals surface area contributed by atoms with E-state index in [4.69, 9.17) is 5.73 Å². The van der Waals surface area contributed by atoms with Crippen molar-refractivity contribution in [2.24, 2.45) is 5.73 Å². The molecule has 0 aliphatic carbocycles. The Bertz CT molecular complexity index is 167. The van der Waals surface area contributed by atoms with Crippen LogP contribution < -0.4 is 11.1 Å².